The number of nitrogens with one attached hydrogen (secondary N) is 1. The zero-order valence-electron chi connectivity index (χ0n) is 9.44. The Morgan fingerprint density at radius 3 is 2.39 bits per heavy atom. The number of carbonyl (C=O) groups is 2. The number of ether oxygens (including phenoxy) is 1. The van der Waals surface area contributed by atoms with Gasteiger partial charge >= 0.3 is 5.97 Å². The Labute approximate surface area is 101 Å². The number of halogens is 2. The lowest BCUT2D eigenvalue weighted by Gasteiger charge is -2.09. The number of esters is 1. The Morgan fingerprint density at radius 2 is 1.89 bits per heavy atom. The number of rotatable bonds is 4. The van der Waals surface area contributed by atoms with Gasteiger partial charge in [-0.05, 0) is 12.1 Å². The Morgan fingerprint density at radius 1 is 1.33 bits per heavy atom. The Bertz CT molecular complexity index is 444. The van der Waals surface area contributed by atoms with Gasteiger partial charge in [0.2, 0.25) is 0 Å². The highest BCUT2D eigenvalue weighted by molar-refractivity contribution is 5.94. The molecular formula is C11H11F2NO4. The zero-order valence-corrected chi connectivity index (χ0v) is 9.44. The molecule has 18 heavy (non-hydrogen) atoms. The summed E-state index contributed by atoms with van der Waals surface area (Å²) in [7, 11) is 1.08. The number of carbonyl (C=O) groups excluding carboxylic acids is 2. The minimum absolute atomic E-state index is 0.246. The van der Waals surface area contributed by atoms with Crippen molar-refractivity contribution >= 4 is 11.9 Å². The third-order valence-electron chi connectivity index (χ3n) is 2.05. The van der Waals surface area contributed by atoms with Gasteiger partial charge < -0.3 is 15.2 Å². The molecule has 0 saturated carbocycles. The lowest BCUT2D eigenvalue weighted by Crippen LogP contribution is -2.37. The molecule has 0 aliphatic carbocycles. The molecule has 0 heterocycles. The number of benzene rings is 1. The summed E-state index contributed by atoms with van der Waals surface area (Å²) >= 11 is 0. The van der Waals surface area contributed by atoms with Crippen molar-refractivity contribution in [2.24, 2.45) is 0 Å². The highest BCUT2D eigenvalue weighted by atomic mass is 19.1. The highest BCUT2D eigenvalue weighted by Crippen LogP contribution is 2.07. The third kappa shape index (κ3) is 3.77. The molecule has 0 saturated heterocycles. The quantitative estimate of drug-likeness (QED) is 0.759. The summed E-state index contributed by atoms with van der Waals surface area (Å²) in [5, 5.41) is 11.3. The van der Waals surface area contributed by atoms with Crippen LogP contribution in [0.3, 0.4) is 0 Å². The van der Waals surface area contributed by atoms with Crippen LogP contribution >= 0.6 is 0 Å². The average molecular weight is 259 g/mol. The van der Waals surface area contributed by atoms with Crippen LogP contribution in [-0.4, -0.2) is 36.7 Å². The zero-order chi connectivity index (χ0) is 13.7. The number of hydrogen-bond acceptors (Lipinski definition) is 4. The van der Waals surface area contributed by atoms with E-state index in [1.165, 1.54) is 0 Å². The molecule has 0 bridgehead atoms. The van der Waals surface area contributed by atoms with Crippen LogP contribution < -0.4 is 5.32 Å². The number of hydrogen-bond donors (Lipinski definition) is 2. The predicted molar refractivity (Wildman–Crippen MR) is 56.7 cm³/mol. The molecule has 1 atom stereocenters. The van der Waals surface area contributed by atoms with Crippen molar-refractivity contribution in [3.63, 3.8) is 0 Å². The average Bonchev–Trinajstić information content (AvgIpc) is 2.33. The van der Waals surface area contributed by atoms with Gasteiger partial charge in [-0.3, -0.25) is 4.79 Å². The smallest absolute Gasteiger partial charge is 0.336 e. The van der Waals surface area contributed by atoms with E-state index in [0.29, 0.717) is 6.07 Å². The molecular weight excluding hydrogens is 248 g/mol. The summed E-state index contributed by atoms with van der Waals surface area (Å²) in [6, 6.07) is 2.30. The number of aliphatic hydroxyl groups is 1. The second-order valence-electron chi connectivity index (χ2n) is 3.41. The van der Waals surface area contributed by atoms with Gasteiger partial charge in [-0.15, -0.1) is 0 Å². The first-order chi connectivity index (χ1) is 8.43. The molecule has 98 valence electrons. The summed E-state index contributed by atoms with van der Waals surface area (Å²) in [6.07, 6.45) is -1.53. The van der Waals surface area contributed by atoms with Crippen molar-refractivity contribution in [3.05, 3.63) is 35.4 Å². The van der Waals surface area contributed by atoms with E-state index in [2.05, 4.69) is 10.1 Å². The molecule has 1 unspecified atom stereocenters. The molecule has 1 aromatic carbocycles. The Hall–Kier alpha value is -2.02. The summed E-state index contributed by atoms with van der Waals surface area (Å²) in [5.74, 6) is -3.51. The van der Waals surface area contributed by atoms with Crippen LogP contribution in [0.25, 0.3) is 0 Å². The summed E-state index contributed by atoms with van der Waals surface area (Å²) in [5.41, 5.74) is -0.246. The summed E-state index contributed by atoms with van der Waals surface area (Å²) in [6.45, 7) is -0.413. The Balaban J connectivity index is 2.63. The first-order valence-electron chi connectivity index (χ1n) is 4.94. The van der Waals surface area contributed by atoms with Gasteiger partial charge in [0, 0.05) is 11.6 Å². The van der Waals surface area contributed by atoms with Gasteiger partial charge in [-0.25, -0.2) is 13.6 Å². The lowest BCUT2D eigenvalue weighted by molar-refractivity contribution is -0.149. The fourth-order valence-corrected chi connectivity index (χ4v) is 1.20. The van der Waals surface area contributed by atoms with Crippen molar-refractivity contribution in [2.75, 3.05) is 13.7 Å². The number of amides is 1. The number of methoxy groups -OCH3 is 1. The van der Waals surface area contributed by atoms with Crippen molar-refractivity contribution in [1.29, 1.82) is 0 Å². The van der Waals surface area contributed by atoms with Gasteiger partial charge in [0.05, 0.1) is 13.7 Å². The normalized spacial score (nSPS) is 11.8. The van der Waals surface area contributed by atoms with E-state index in [-0.39, 0.29) is 5.56 Å². The van der Waals surface area contributed by atoms with Crippen LogP contribution in [-0.2, 0) is 9.53 Å². The van der Waals surface area contributed by atoms with Crippen LogP contribution in [0.2, 0.25) is 0 Å². The Kier molecular flexibility index (Phi) is 4.73. The molecule has 0 aromatic heterocycles. The van der Waals surface area contributed by atoms with Gasteiger partial charge in [0.15, 0.2) is 6.10 Å². The SMILES string of the molecule is COC(=O)C(O)CNC(=O)c1cc(F)cc(F)c1. The summed E-state index contributed by atoms with van der Waals surface area (Å²) < 4.78 is 29.9. The molecule has 2 N–H and O–H groups in total. The molecule has 0 aliphatic rings. The maximum absolute atomic E-state index is 12.8. The maximum atomic E-state index is 12.8. The molecule has 0 spiro atoms. The number of aliphatic hydroxyl groups excluding tert-OH is 1. The van der Waals surface area contributed by atoms with Gasteiger partial charge in [0.1, 0.15) is 11.6 Å². The van der Waals surface area contributed by atoms with Gasteiger partial charge in [-0.2, -0.15) is 0 Å². The minimum Gasteiger partial charge on any atom is -0.467 e. The van der Waals surface area contributed by atoms with E-state index in [9.17, 15) is 23.5 Å². The molecule has 7 heteroatoms. The molecule has 0 fully saturated rings. The van der Waals surface area contributed by atoms with Crippen LogP contribution in [0.4, 0.5) is 8.78 Å². The third-order valence-corrected chi connectivity index (χ3v) is 2.05. The highest BCUT2D eigenvalue weighted by Gasteiger charge is 2.17. The lowest BCUT2D eigenvalue weighted by atomic mass is 10.2. The predicted octanol–water partition coefficient (Wildman–Crippen LogP) is 0.228. The standard InChI is InChI=1S/C11H11F2NO4/c1-18-11(17)9(15)5-14-10(16)6-2-7(12)4-8(13)3-6/h2-4,9,15H,5H2,1H3,(H,14,16). The van der Waals surface area contributed by atoms with Crippen molar-refractivity contribution in [2.45, 2.75) is 6.10 Å². The van der Waals surface area contributed by atoms with E-state index >= 15 is 0 Å². The fourth-order valence-electron chi connectivity index (χ4n) is 1.20. The van der Waals surface area contributed by atoms with Crippen LogP contribution in [0.5, 0.6) is 0 Å². The largest absolute Gasteiger partial charge is 0.467 e. The monoisotopic (exact) mass is 259 g/mol. The van der Waals surface area contributed by atoms with Crippen LogP contribution in [0.15, 0.2) is 18.2 Å². The van der Waals surface area contributed by atoms with Crippen molar-refractivity contribution < 1.29 is 28.2 Å². The summed E-state index contributed by atoms with van der Waals surface area (Å²) in [4.78, 5) is 22.3. The van der Waals surface area contributed by atoms with E-state index in [0.717, 1.165) is 19.2 Å². The second-order valence-corrected chi connectivity index (χ2v) is 3.41. The second kappa shape index (κ2) is 6.06. The van der Waals surface area contributed by atoms with Crippen molar-refractivity contribution in [1.82, 2.24) is 5.32 Å². The van der Waals surface area contributed by atoms with E-state index in [1.807, 2.05) is 0 Å². The molecule has 1 amide bonds. The first kappa shape index (κ1) is 14.0. The van der Waals surface area contributed by atoms with Gasteiger partial charge in [0.25, 0.3) is 5.91 Å². The molecule has 5 nitrogen and oxygen atoms in total. The van der Waals surface area contributed by atoms with Gasteiger partial charge in [-0.1, -0.05) is 0 Å². The first-order valence-corrected chi connectivity index (χ1v) is 4.94. The van der Waals surface area contributed by atoms with E-state index < -0.39 is 36.2 Å². The van der Waals surface area contributed by atoms with Crippen LogP contribution in [0, 0.1) is 11.6 Å². The van der Waals surface area contributed by atoms with E-state index in [1.54, 1.807) is 0 Å². The maximum Gasteiger partial charge on any atom is 0.336 e. The fraction of sp³-hybridized carbons (Fsp3) is 0.273. The van der Waals surface area contributed by atoms with E-state index in [4.69, 9.17) is 0 Å². The topological polar surface area (TPSA) is 75.6 Å². The molecule has 1 rings (SSSR count). The molecule has 0 aliphatic heterocycles. The van der Waals surface area contributed by atoms with Crippen molar-refractivity contribution in [3.8, 4) is 0 Å². The molecule has 0 radical (unpaired) electrons. The molecule has 1 aromatic rings. The van der Waals surface area contributed by atoms with Crippen LogP contribution in [0.1, 0.15) is 10.4 Å². The minimum atomic E-state index is -1.53.